The van der Waals surface area contributed by atoms with Crippen molar-refractivity contribution in [1.29, 1.82) is 0 Å². The molecule has 1 aliphatic heterocycles. The van der Waals surface area contributed by atoms with Crippen LogP contribution in [0.25, 0.3) is 0 Å². The van der Waals surface area contributed by atoms with Crippen LogP contribution < -0.4 is 0 Å². The Bertz CT molecular complexity index is 233. The summed E-state index contributed by atoms with van der Waals surface area (Å²) in [7, 11) is 1.40. The number of hydrogen-bond donors (Lipinski definition) is 0. The van der Waals surface area contributed by atoms with Gasteiger partial charge >= 0.3 is 5.97 Å². The highest BCUT2D eigenvalue weighted by molar-refractivity contribution is 5.88. The second-order valence-electron chi connectivity index (χ2n) is 3.93. The van der Waals surface area contributed by atoms with Gasteiger partial charge < -0.3 is 9.47 Å². The van der Waals surface area contributed by atoms with Crippen LogP contribution in [-0.4, -0.2) is 19.2 Å². The summed E-state index contributed by atoms with van der Waals surface area (Å²) in [5, 5.41) is 0. The van der Waals surface area contributed by atoms with E-state index in [1.807, 2.05) is 0 Å². The Hall–Kier alpha value is -0.990. The predicted octanol–water partition coefficient (Wildman–Crippen LogP) is 2.80. The highest BCUT2D eigenvalue weighted by atomic mass is 16.5. The van der Waals surface area contributed by atoms with Crippen LogP contribution in [0.5, 0.6) is 0 Å². The fourth-order valence-electron chi connectivity index (χ4n) is 1.74. The van der Waals surface area contributed by atoms with Gasteiger partial charge in [0.15, 0.2) is 0 Å². The van der Waals surface area contributed by atoms with E-state index in [1.165, 1.54) is 26.4 Å². The van der Waals surface area contributed by atoms with Crippen molar-refractivity contribution in [3.8, 4) is 0 Å². The van der Waals surface area contributed by atoms with Gasteiger partial charge in [-0.25, -0.2) is 4.79 Å². The van der Waals surface area contributed by atoms with Crippen LogP contribution in [0.2, 0.25) is 0 Å². The van der Waals surface area contributed by atoms with Crippen molar-refractivity contribution < 1.29 is 14.3 Å². The lowest BCUT2D eigenvalue weighted by atomic mass is 10.0. The molecule has 3 nitrogen and oxygen atoms in total. The van der Waals surface area contributed by atoms with E-state index >= 15 is 0 Å². The number of rotatable bonds is 5. The maximum atomic E-state index is 11.2. The lowest BCUT2D eigenvalue weighted by Crippen LogP contribution is -2.18. The standard InChI is InChI=1S/C12H20O3/c1-3-4-5-6-11-8-7-10(9-15-11)12(13)14-2/h9,11H,3-8H2,1-2H3. The summed E-state index contributed by atoms with van der Waals surface area (Å²) in [4.78, 5) is 11.2. The predicted molar refractivity (Wildman–Crippen MR) is 58.3 cm³/mol. The van der Waals surface area contributed by atoms with Crippen molar-refractivity contribution in [2.45, 2.75) is 51.6 Å². The minimum atomic E-state index is -0.262. The molecule has 1 aliphatic rings. The molecule has 0 spiro atoms. The second-order valence-corrected chi connectivity index (χ2v) is 3.93. The van der Waals surface area contributed by atoms with Crippen molar-refractivity contribution in [2.24, 2.45) is 0 Å². The zero-order chi connectivity index (χ0) is 11.1. The lowest BCUT2D eigenvalue weighted by molar-refractivity contribution is -0.136. The molecule has 0 saturated heterocycles. The number of ether oxygens (including phenoxy) is 2. The van der Waals surface area contributed by atoms with Crippen molar-refractivity contribution in [3.05, 3.63) is 11.8 Å². The number of hydrogen-bond acceptors (Lipinski definition) is 3. The highest BCUT2D eigenvalue weighted by Gasteiger charge is 2.19. The van der Waals surface area contributed by atoms with Gasteiger partial charge in [-0.05, 0) is 25.7 Å². The maximum absolute atomic E-state index is 11.2. The van der Waals surface area contributed by atoms with Gasteiger partial charge in [-0.15, -0.1) is 0 Å². The molecular weight excluding hydrogens is 192 g/mol. The van der Waals surface area contributed by atoms with E-state index in [4.69, 9.17) is 4.74 Å². The molecule has 0 aromatic carbocycles. The zero-order valence-corrected chi connectivity index (χ0v) is 9.62. The van der Waals surface area contributed by atoms with E-state index in [0.29, 0.717) is 11.7 Å². The number of methoxy groups -OCH3 is 1. The SMILES string of the molecule is CCCCCC1CCC(C(=O)OC)=CO1. The fraction of sp³-hybridized carbons (Fsp3) is 0.750. The minimum absolute atomic E-state index is 0.262. The van der Waals surface area contributed by atoms with Crippen LogP contribution >= 0.6 is 0 Å². The Kier molecular flexibility index (Phi) is 5.22. The average Bonchev–Trinajstić information content (AvgIpc) is 2.29. The molecule has 0 amide bonds. The Balaban J connectivity index is 2.27. The molecule has 15 heavy (non-hydrogen) atoms. The number of carbonyl (C=O) groups excluding carboxylic acids is 1. The Morgan fingerprint density at radius 3 is 2.93 bits per heavy atom. The van der Waals surface area contributed by atoms with Gasteiger partial charge in [0, 0.05) is 0 Å². The molecule has 1 unspecified atom stereocenters. The molecule has 1 rings (SSSR count). The number of unbranched alkanes of at least 4 members (excludes halogenated alkanes) is 2. The third-order valence-corrected chi connectivity index (χ3v) is 2.72. The largest absolute Gasteiger partial charge is 0.497 e. The Morgan fingerprint density at radius 1 is 1.60 bits per heavy atom. The van der Waals surface area contributed by atoms with Crippen LogP contribution in [0.3, 0.4) is 0 Å². The lowest BCUT2D eigenvalue weighted by Gasteiger charge is -2.21. The molecule has 3 heteroatoms. The van der Waals surface area contributed by atoms with Gasteiger partial charge in [0.1, 0.15) is 0 Å². The third kappa shape index (κ3) is 3.94. The van der Waals surface area contributed by atoms with Crippen molar-refractivity contribution in [3.63, 3.8) is 0 Å². The fourth-order valence-corrected chi connectivity index (χ4v) is 1.74. The van der Waals surface area contributed by atoms with Crippen LogP contribution in [0.15, 0.2) is 11.8 Å². The van der Waals surface area contributed by atoms with Gasteiger partial charge in [-0.1, -0.05) is 19.8 Å². The number of esters is 1. The zero-order valence-electron chi connectivity index (χ0n) is 9.62. The van der Waals surface area contributed by atoms with E-state index in [-0.39, 0.29) is 5.97 Å². The monoisotopic (exact) mass is 212 g/mol. The first-order valence-corrected chi connectivity index (χ1v) is 5.70. The molecule has 1 atom stereocenters. The van der Waals surface area contributed by atoms with Gasteiger partial charge in [-0.3, -0.25) is 0 Å². The summed E-state index contributed by atoms with van der Waals surface area (Å²) in [6, 6.07) is 0. The van der Waals surface area contributed by atoms with Gasteiger partial charge in [0.25, 0.3) is 0 Å². The van der Waals surface area contributed by atoms with E-state index in [9.17, 15) is 4.79 Å². The molecule has 0 radical (unpaired) electrons. The van der Waals surface area contributed by atoms with Crippen molar-refractivity contribution >= 4 is 5.97 Å². The van der Waals surface area contributed by atoms with Gasteiger partial charge in [-0.2, -0.15) is 0 Å². The first-order chi connectivity index (χ1) is 7.27. The average molecular weight is 212 g/mol. The topological polar surface area (TPSA) is 35.5 Å². The molecule has 0 saturated carbocycles. The molecule has 0 bridgehead atoms. The highest BCUT2D eigenvalue weighted by Crippen LogP contribution is 2.22. The first kappa shape index (κ1) is 12.1. The van der Waals surface area contributed by atoms with Crippen molar-refractivity contribution in [2.75, 3.05) is 7.11 Å². The molecule has 0 aromatic heterocycles. The summed E-state index contributed by atoms with van der Waals surface area (Å²) in [5.41, 5.74) is 0.657. The van der Waals surface area contributed by atoms with Crippen molar-refractivity contribution in [1.82, 2.24) is 0 Å². The van der Waals surface area contributed by atoms with Crippen LogP contribution in [0.4, 0.5) is 0 Å². The normalized spacial score (nSPS) is 20.4. The van der Waals surface area contributed by atoms with Gasteiger partial charge in [0.05, 0.1) is 25.0 Å². The third-order valence-electron chi connectivity index (χ3n) is 2.72. The first-order valence-electron chi connectivity index (χ1n) is 5.70. The quantitative estimate of drug-likeness (QED) is 0.519. The van der Waals surface area contributed by atoms with E-state index in [1.54, 1.807) is 6.26 Å². The van der Waals surface area contributed by atoms with E-state index in [2.05, 4.69) is 11.7 Å². The molecule has 86 valence electrons. The van der Waals surface area contributed by atoms with Crippen LogP contribution in [0, 0.1) is 0 Å². The van der Waals surface area contributed by atoms with Crippen LogP contribution in [0.1, 0.15) is 45.4 Å². The van der Waals surface area contributed by atoms with Gasteiger partial charge in [0.2, 0.25) is 0 Å². The molecule has 1 heterocycles. The van der Waals surface area contributed by atoms with Crippen LogP contribution in [-0.2, 0) is 14.3 Å². The Morgan fingerprint density at radius 2 is 2.40 bits per heavy atom. The smallest absolute Gasteiger partial charge is 0.336 e. The molecular formula is C12H20O3. The van der Waals surface area contributed by atoms with E-state index < -0.39 is 0 Å². The van der Waals surface area contributed by atoms with E-state index in [0.717, 1.165) is 19.3 Å². The molecule has 0 N–H and O–H groups in total. The molecule has 0 aromatic rings. The molecule has 0 fully saturated rings. The minimum Gasteiger partial charge on any atom is -0.497 e. The Labute approximate surface area is 91.4 Å². The summed E-state index contributed by atoms with van der Waals surface area (Å²) >= 11 is 0. The summed E-state index contributed by atoms with van der Waals surface area (Å²) in [5.74, 6) is -0.262. The molecule has 0 aliphatic carbocycles. The summed E-state index contributed by atoms with van der Waals surface area (Å²) in [6.45, 7) is 2.19. The second kappa shape index (κ2) is 6.49. The maximum Gasteiger partial charge on any atom is 0.336 e. The number of carbonyl (C=O) groups is 1. The summed E-state index contributed by atoms with van der Waals surface area (Å²) < 4.78 is 10.1. The summed E-state index contributed by atoms with van der Waals surface area (Å²) in [6.07, 6.45) is 8.38.